The molecule has 1 aliphatic heterocycles. The maximum Gasteiger partial charge on any atom is 0.338 e. The highest BCUT2D eigenvalue weighted by atomic mass is 16.6. The van der Waals surface area contributed by atoms with Crippen molar-refractivity contribution in [3.8, 4) is 0 Å². The fraction of sp³-hybridized carbons (Fsp3) is 0.467. The third-order valence-corrected chi connectivity index (χ3v) is 3.75. The van der Waals surface area contributed by atoms with Gasteiger partial charge < -0.3 is 10.6 Å². The van der Waals surface area contributed by atoms with Crippen molar-refractivity contribution in [3.05, 3.63) is 35.4 Å². The lowest BCUT2D eigenvalue weighted by Crippen LogP contribution is -2.45. The summed E-state index contributed by atoms with van der Waals surface area (Å²) in [5, 5.41) is 14.1. The quantitative estimate of drug-likeness (QED) is 0.659. The van der Waals surface area contributed by atoms with E-state index in [-0.39, 0.29) is 0 Å². The van der Waals surface area contributed by atoms with E-state index in [0.29, 0.717) is 17.4 Å². The van der Waals surface area contributed by atoms with Gasteiger partial charge in [0.1, 0.15) is 0 Å². The molecule has 0 radical (unpaired) electrons. The van der Waals surface area contributed by atoms with Crippen molar-refractivity contribution in [2.75, 3.05) is 0 Å². The number of nitrogens with zero attached hydrogens (tertiary/aromatic N) is 2. The molecule has 1 aromatic carbocycles. The van der Waals surface area contributed by atoms with Crippen LogP contribution in [0.5, 0.6) is 0 Å². The van der Waals surface area contributed by atoms with E-state index in [2.05, 4.69) is 31.1 Å². The van der Waals surface area contributed by atoms with Crippen LogP contribution in [0, 0.1) is 0 Å². The topological polar surface area (TPSA) is 88.2 Å². The smallest absolute Gasteiger partial charge is 0.338 e. The number of hydroxylamine groups is 2. The molecule has 1 heterocycles. The van der Waals surface area contributed by atoms with Crippen molar-refractivity contribution in [1.82, 2.24) is 5.06 Å². The molecule has 2 atom stereocenters. The summed E-state index contributed by atoms with van der Waals surface area (Å²) in [6.45, 7) is 5.95. The molecule has 1 aromatic rings. The van der Waals surface area contributed by atoms with Gasteiger partial charge in [-0.2, -0.15) is 5.06 Å². The molecule has 0 aliphatic carbocycles. The molecule has 1 aliphatic rings. The minimum Gasteiger partial charge on any atom is -0.390 e. The first-order chi connectivity index (χ1) is 9.90. The molecule has 6 nitrogen and oxygen atoms in total. The summed E-state index contributed by atoms with van der Waals surface area (Å²) in [6, 6.07) is 6.70. The van der Waals surface area contributed by atoms with Gasteiger partial charge in [-0.05, 0) is 24.0 Å². The van der Waals surface area contributed by atoms with Crippen LogP contribution in [0.15, 0.2) is 29.4 Å². The summed E-state index contributed by atoms with van der Waals surface area (Å²) in [4.78, 5) is 16.3. The van der Waals surface area contributed by atoms with Crippen molar-refractivity contribution in [2.45, 2.75) is 45.3 Å². The summed E-state index contributed by atoms with van der Waals surface area (Å²) in [6.07, 6.45) is 0.120. The van der Waals surface area contributed by atoms with Crippen LogP contribution in [-0.4, -0.2) is 34.2 Å². The number of carbonyl (C=O) groups is 1. The Labute approximate surface area is 124 Å². The summed E-state index contributed by atoms with van der Waals surface area (Å²) < 4.78 is 0. The van der Waals surface area contributed by atoms with Gasteiger partial charge in [-0.15, -0.1) is 0 Å². The van der Waals surface area contributed by atoms with E-state index in [1.165, 1.54) is 5.56 Å². The molecule has 3 N–H and O–H groups in total. The summed E-state index contributed by atoms with van der Waals surface area (Å²) >= 11 is 0. The van der Waals surface area contributed by atoms with E-state index in [4.69, 9.17) is 10.6 Å². The number of carbonyl (C=O) groups excluding carboxylic acids is 1. The Morgan fingerprint density at radius 3 is 2.52 bits per heavy atom. The molecule has 2 amide bonds. The Bertz CT molecular complexity index is 540. The number of nitrogens with two attached hydrogens (primary N) is 1. The molecule has 2 rings (SSSR count). The second kappa shape index (κ2) is 6.13. The number of rotatable bonds is 4. The van der Waals surface area contributed by atoms with Gasteiger partial charge in [-0.25, -0.2) is 4.79 Å². The van der Waals surface area contributed by atoms with E-state index in [1.807, 2.05) is 12.1 Å². The summed E-state index contributed by atoms with van der Waals surface area (Å²) in [5.74, 6) is 0.479. The highest BCUT2D eigenvalue weighted by molar-refractivity contribution is 6.01. The van der Waals surface area contributed by atoms with Crippen molar-refractivity contribution in [1.29, 1.82) is 0 Å². The van der Waals surface area contributed by atoms with Crippen LogP contribution < -0.4 is 5.73 Å². The zero-order chi connectivity index (χ0) is 15.6. The van der Waals surface area contributed by atoms with Crippen molar-refractivity contribution < 1.29 is 14.8 Å². The monoisotopic (exact) mass is 291 g/mol. The Kier molecular flexibility index (Phi) is 4.47. The van der Waals surface area contributed by atoms with Crippen LogP contribution in [0.3, 0.4) is 0 Å². The third-order valence-electron chi connectivity index (χ3n) is 3.75. The molecular weight excluding hydrogens is 270 g/mol. The zero-order valence-electron chi connectivity index (χ0n) is 12.5. The Hall–Kier alpha value is -2.08. The lowest BCUT2D eigenvalue weighted by molar-refractivity contribution is -0.111. The fourth-order valence-electron chi connectivity index (χ4n) is 2.24. The fourth-order valence-corrected chi connectivity index (χ4v) is 2.24. The highest BCUT2D eigenvalue weighted by Crippen LogP contribution is 2.22. The van der Waals surface area contributed by atoms with Gasteiger partial charge in [0.15, 0.2) is 6.10 Å². The molecule has 21 heavy (non-hydrogen) atoms. The molecule has 0 bridgehead atoms. The molecule has 6 heteroatoms. The van der Waals surface area contributed by atoms with Crippen LogP contribution in [0.4, 0.5) is 4.79 Å². The van der Waals surface area contributed by atoms with E-state index in [9.17, 15) is 10.0 Å². The van der Waals surface area contributed by atoms with Gasteiger partial charge >= 0.3 is 6.03 Å². The Morgan fingerprint density at radius 1 is 1.38 bits per heavy atom. The molecule has 0 saturated carbocycles. The van der Waals surface area contributed by atoms with Crippen molar-refractivity contribution in [3.63, 3.8) is 0 Å². The molecule has 114 valence electrons. The van der Waals surface area contributed by atoms with Gasteiger partial charge in [0.05, 0.1) is 11.8 Å². The van der Waals surface area contributed by atoms with Crippen LogP contribution in [0.25, 0.3) is 0 Å². The first-order valence-corrected chi connectivity index (χ1v) is 7.00. The number of hydrogen-bond acceptors (Lipinski definition) is 4. The average molecular weight is 291 g/mol. The lowest BCUT2D eigenvalue weighted by atomic mass is 9.97. The Morgan fingerprint density at radius 2 is 2.00 bits per heavy atom. The van der Waals surface area contributed by atoms with Crippen LogP contribution in [0.2, 0.25) is 0 Å². The normalized spacial score (nSPS) is 19.1. The van der Waals surface area contributed by atoms with E-state index >= 15 is 0 Å². The SMILES string of the molecule is CC(C)c1ccc(C2=NOC(C(C)N(O)C(N)=O)C2)cc1. The molecule has 0 spiro atoms. The second-order valence-electron chi connectivity index (χ2n) is 5.59. The first-order valence-electron chi connectivity index (χ1n) is 7.00. The summed E-state index contributed by atoms with van der Waals surface area (Å²) in [7, 11) is 0. The minimum absolute atomic E-state index is 0.401. The van der Waals surface area contributed by atoms with Crippen LogP contribution in [-0.2, 0) is 4.84 Å². The lowest BCUT2D eigenvalue weighted by Gasteiger charge is -2.24. The first kappa shape index (κ1) is 15.3. The number of benzene rings is 1. The predicted molar refractivity (Wildman–Crippen MR) is 79.2 cm³/mol. The molecule has 2 unspecified atom stereocenters. The van der Waals surface area contributed by atoms with Crippen LogP contribution >= 0.6 is 0 Å². The van der Waals surface area contributed by atoms with Crippen molar-refractivity contribution in [2.24, 2.45) is 10.9 Å². The Balaban J connectivity index is 2.03. The standard InChI is InChI=1S/C15H21N3O3/c1-9(2)11-4-6-12(7-5-11)13-8-14(21-17-13)10(3)18(20)15(16)19/h4-7,9-10,14,20H,8H2,1-3H3,(H2,16,19). The average Bonchev–Trinajstić information content (AvgIpc) is 2.95. The van der Waals surface area contributed by atoms with Gasteiger partial charge in [0.2, 0.25) is 0 Å². The van der Waals surface area contributed by atoms with Gasteiger partial charge in [-0.1, -0.05) is 43.3 Å². The largest absolute Gasteiger partial charge is 0.390 e. The number of primary amides is 1. The molecule has 0 fully saturated rings. The van der Waals surface area contributed by atoms with Crippen molar-refractivity contribution >= 4 is 11.7 Å². The molecule has 0 aromatic heterocycles. The summed E-state index contributed by atoms with van der Waals surface area (Å²) in [5.41, 5.74) is 8.09. The number of amides is 2. The highest BCUT2D eigenvalue weighted by Gasteiger charge is 2.32. The zero-order valence-corrected chi connectivity index (χ0v) is 12.5. The third kappa shape index (κ3) is 3.33. The van der Waals surface area contributed by atoms with Gasteiger partial charge in [-0.3, -0.25) is 5.21 Å². The number of urea groups is 1. The van der Waals surface area contributed by atoms with E-state index in [0.717, 1.165) is 11.3 Å². The number of oxime groups is 1. The van der Waals surface area contributed by atoms with Gasteiger partial charge in [0.25, 0.3) is 0 Å². The molecular formula is C15H21N3O3. The minimum atomic E-state index is -0.902. The van der Waals surface area contributed by atoms with E-state index in [1.54, 1.807) is 6.92 Å². The van der Waals surface area contributed by atoms with Crippen LogP contribution in [0.1, 0.15) is 44.2 Å². The van der Waals surface area contributed by atoms with Gasteiger partial charge in [0, 0.05) is 6.42 Å². The van der Waals surface area contributed by atoms with E-state index < -0.39 is 18.2 Å². The maximum absolute atomic E-state index is 11.0. The second-order valence-corrected chi connectivity index (χ2v) is 5.59. The maximum atomic E-state index is 11.0. The predicted octanol–water partition coefficient (Wildman–Crippen LogP) is 2.46. The number of hydrogen-bond donors (Lipinski definition) is 2. The molecule has 0 saturated heterocycles.